The van der Waals surface area contributed by atoms with Crippen LogP contribution in [0.1, 0.15) is 22.3 Å². The number of aryl methyl sites for hydroxylation is 1. The molecule has 0 heterocycles. The molecule has 3 aromatic carbocycles. The first kappa shape index (κ1) is 18.0. The zero-order valence-electron chi connectivity index (χ0n) is 14.3. The fourth-order valence-electron chi connectivity index (χ4n) is 2.59. The second-order valence-corrected chi connectivity index (χ2v) is 6.30. The summed E-state index contributed by atoms with van der Waals surface area (Å²) in [5, 5.41) is 3.27. The quantitative estimate of drug-likeness (QED) is 0.553. The first-order valence-electron chi connectivity index (χ1n) is 8.55. The van der Waals surface area contributed by atoms with E-state index in [2.05, 4.69) is 17.4 Å². The van der Waals surface area contributed by atoms with E-state index in [0.29, 0.717) is 22.9 Å². The maximum atomic E-state index is 12.2. The Hall–Kier alpha value is -2.78. The number of anilines is 1. The van der Waals surface area contributed by atoms with Crippen LogP contribution in [0.5, 0.6) is 5.75 Å². The third kappa shape index (κ3) is 5.11. The van der Waals surface area contributed by atoms with E-state index in [1.807, 2.05) is 42.5 Å². The van der Waals surface area contributed by atoms with Crippen molar-refractivity contribution in [1.29, 1.82) is 0 Å². The van der Waals surface area contributed by atoms with Gasteiger partial charge in [-0.15, -0.1) is 0 Å². The molecule has 0 unspecified atom stereocenters. The molecular weight excluding hydrogens is 346 g/mol. The SMILES string of the molecule is O=C(Nc1ccc(OCCCc2ccccc2)cc1)c1ccccc1Cl. The zero-order valence-corrected chi connectivity index (χ0v) is 15.1. The second kappa shape index (κ2) is 9.07. The van der Waals surface area contributed by atoms with Gasteiger partial charge in [0.2, 0.25) is 0 Å². The maximum Gasteiger partial charge on any atom is 0.257 e. The Morgan fingerprint density at radius 2 is 1.58 bits per heavy atom. The Morgan fingerprint density at radius 1 is 0.885 bits per heavy atom. The molecule has 0 radical (unpaired) electrons. The number of carbonyl (C=O) groups excluding carboxylic acids is 1. The van der Waals surface area contributed by atoms with Crippen LogP contribution in [0.2, 0.25) is 5.02 Å². The minimum atomic E-state index is -0.230. The van der Waals surface area contributed by atoms with E-state index < -0.39 is 0 Å². The fourth-order valence-corrected chi connectivity index (χ4v) is 2.81. The van der Waals surface area contributed by atoms with Crippen molar-refractivity contribution in [3.05, 3.63) is 95.0 Å². The summed E-state index contributed by atoms with van der Waals surface area (Å²) < 4.78 is 5.76. The van der Waals surface area contributed by atoms with Gasteiger partial charge < -0.3 is 10.1 Å². The first-order chi connectivity index (χ1) is 12.7. The van der Waals surface area contributed by atoms with Crippen molar-refractivity contribution in [2.24, 2.45) is 0 Å². The number of ether oxygens (including phenoxy) is 1. The highest BCUT2D eigenvalue weighted by Gasteiger charge is 2.09. The molecular formula is C22H20ClNO2. The molecule has 0 aromatic heterocycles. The van der Waals surface area contributed by atoms with Gasteiger partial charge in [0.15, 0.2) is 0 Å². The van der Waals surface area contributed by atoms with Gasteiger partial charge in [0.05, 0.1) is 17.2 Å². The molecule has 3 aromatic rings. The summed E-state index contributed by atoms with van der Waals surface area (Å²) in [6, 6.07) is 24.7. The normalized spacial score (nSPS) is 10.3. The van der Waals surface area contributed by atoms with Crippen LogP contribution < -0.4 is 10.1 Å². The van der Waals surface area contributed by atoms with Crippen LogP contribution in [-0.2, 0) is 6.42 Å². The summed E-state index contributed by atoms with van der Waals surface area (Å²) in [6.07, 6.45) is 1.95. The maximum absolute atomic E-state index is 12.2. The van der Waals surface area contributed by atoms with Gasteiger partial charge in [0, 0.05) is 5.69 Å². The Balaban J connectivity index is 1.47. The molecule has 3 nitrogen and oxygen atoms in total. The van der Waals surface area contributed by atoms with Gasteiger partial charge in [-0.05, 0) is 54.8 Å². The molecule has 0 aliphatic heterocycles. The average Bonchev–Trinajstić information content (AvgIpc) is 2.67. The summed E-state index contributed by atoms with van der Waals surface area (Å²) in [4.78, 5) is 12.2. The Bertz CT molecular complexity index is 848. The van der Waals surface area contributed by atoms with E-state index in [-0.39, 0.29) is 5.91 Å². The molecule has 0 aliphatic carbocycles. The summed E-state index contributed by atoms with van der Waals surface area (Å²) in [5.41, 5.74) is 2.47. The van der Waals surface area contributed by atoms with Gasteiger partial charge in [0.25, 0.3) is 5.91 Å². The Labute approximate surface area is 158 Å². The summed E-state index contributed by atoms with van der Waals surface area (Å²) >= 11 is 6.04. The van der Waals surface area contributed by atoms with Crippen molar-refractivity contribution in [1.82, 2.24) is 0 Å². The molecule has 0 atom stereocenters. The standard InChI is InChI=1S/C22H20ClNO2/c23-21-11-5-4-10-20(21)22(25)24-18-12-14-19(15-13-18)26-16-6-9-17-7-2-1-3-8-17/h1-5,7-8,10-15H,6,9,16H2,(H,24,25). The average molecular weight is 366 g/mol. The van der Waals surface area contributed by atoms with Crippen LogP contribution >= 0.6 is 11.6 Å². The zero-order chi connectivity index (χ0) is 18.2. The van der Waals surface area contributed by atoms with Gasteiger partial charge in [0.1, 0.15) is 5.75 Å². The highest BCUT2D eigenvalue weighted by molar-refractivity contribution is 6.34. The van der Waals surface area contributed by atoms with Crippen LogP contribution in [-0.4, -0.2) is 12.5 Å². The largest absolute Gasteiger partial charge is 0.494 e. The number of hydrogen-bond acceptors (Lipinski definition) is 2. The van der Waals surface area contributed by atoms with Crippen molar-refractivity contribution in [3.8, 4) is 5.75 Å². The first-order valence-corrected chi connectivity index (χ1v) is 8.93. The third-order valence-corrected chi connectivity index (χ3v) is 4.28. The van der Waals surface area contributed by atoms with E-state index in [1.165, 1.54) is 5.56 Å². The van der Waals surface area contributed by atoms with Crippen LogP contribution in [0.25, 0.3) is 0 Å². The van der Waals surface area contributed by atoms with Crippen LogP contribution in [0.4, 0.5) is 5.69 Å². The number of benzene rings is 3. The molecule has 0 saturated heterocycles. The lowest BCUT2D eigenvalue weighted by molar-refractivity contribution is 0.102. The number of amides is 1. The molecule has 0 fully saturated rings. The fraction of sp³-hybridized carbons (Fsp3) is 0.136. The predicted molar refractivity (Wildman–Crippen MR) is 106 cm³/mol. The predicted octanol–water partition coefficient (Wildman–Crippen LogP) is 5.60. The number of nitrogens with one attached hydrogen (secondary N) is 1. The number of halogens is 1. The minimum absolute atomic E-state index is 0.230. The number of rotatable bonds is 7. The molecule has 0 saturated carbocycles. The van der Waals surface area contributed by atoms with Crippen LogP contribution in [0.15, 0.2) is 78.9 Å². The summed E-state index contributed by atoms with van der Waals surface area (Å²) in [6.45, 7) is 0.653. The molecule has 3 rings (SSSR count). The van der Waals surface area contributed by atoms with Crippen molar-refractivity contribution in [3.63, 3.8) is 0 Å². The summed E-state index contributed by atoms with van der Waals surface area (Å²) in [5.74, 6) is 0.556. The van der Waals surface area contributed by atoms with Crippen molar-refractivity contribution in [2.75, 3.05) is 11.9 Å². The van der Waals surface area contributed by atoms with Crippen molar-refractivity contribution < 1.29 is 9.53 Å². The van der Waals surface area contributed by atoms with Gasteiger partial charge >= 0.3 is 0 Å². The lowest BCUT2D eigenvalue weighted by Gasteiger charge is -2.09. The van der Waals surface area contributed by atoms with Gasteiger partial charge in [-0.1, -0.05) is 54.1 Å². The highest BCUT2D eigenvalue weighted by atomic mass is 35.5. The van der Waals surface area contributed by atoms with Gasteiger partial charge in [-0.2, -0.15) is 0 Å². The second-order valence-electron chi connectivity index (χ2n) is 5.90. The highest BCUT2D eigenvalue weighted by Crippen LogP contribution is 2.19. The molecule has 1 N–H and O–H groups in total. The lowest BCUT2D eigenvalue weighted by atomic mass is 10.1. The van der Waals surface area contributed by atoms with Crippen LogP contribution in [0, 0.1) is 0 Å². The number of carbonyl (C=O) groups is 1. The van der Waals surface area contributed by atoms with E-state index >= 15 is 0 Å². The third-order valence-electron chi connectivity index (χ3n) is 3.95. The van der Waals surface area contributed by atoms with E-state index in [9.17, 15) is 4.79 Å². The smallest absolute Gasteiger partial charge is 0.257 e. The van der Waals surface area contributed by atoms with Crippen LogP contribution in [0.3, 0.4) is 0 Å². The topological polar surface area (TPSA) is 38.3 Å². The molecule has 1 amide bonds. The van der Waals surface area contributed by atoms with E-state index in [1.54, 1.807) is 24.3 Å². The van der Waals surface area contributed by atoms with Gasteiger partial charge in [-0.3, -0.25) is 4.79 Å². The van der Waals surface area contributed by atoms with Crippen molar-refractivity contribution in [2.45, 2.75) is 12.8 Å². The van der Waals surface area contributed by atoms with E-state index in [4.69, 9.17) is 16.3 Å². The molecule has 26 heavy (non-hydrogen) atoms. The monoisotopic (exact) mass is 365 g/mol. The van der Waals surface area contributed by atoms with Gasteiger partial charge in [-0.25, -0.2) is 0 Å². The lowest BCUT2D eigenvalue weighted by Crippen LogP contribution is -2.12. The van der Waals surface area contributed by atoms with E-state index in [0.717, 1.165) is 18.6 Å². The minimum Gasteiger partial charge on any atom is -0.494 e. The number of hydrogen-bond donors (Lipinski definition) is 1. The molecule has 0 aliphatic rings. The molecule has 4 heteroatoms. The molecule has 132 valence electrons. The molecule has 0 spiro atoms. The Morgan fingerprint density at radius 3 is 2.31 bits per heavy atom. The van der Waals surface area contributed by atoms with Crippen molar-refractivity contribution >= 4 is 23.2 Å². The Kier molecular flexibility index (Phi) is 6.29. The summed E-state index contributed by atoms with van der Waals surface area (Å²) in [7, 11) is 0. The molecule has 0 bridgehead atoms.